The second-order valence-electron chi connectivity index (χ2n) is 3.60. The van der Waals surface area contributed by atoms with Crippen LogP contribution in [0, 0.1) is 5.92 Å². The van der Waals surface area contributed by atoms with Gasteiger partial charge in [0.1, 0.15) is 0 Å². The number of unbranched alkanes of at least 4 members (excludes halogenated alkanes) is 1. The predicted molar refractivity (Wildman–Crippen MR) is 64.8 cm³/mol. The summed E-state index contributed by atoms with van der Waals surface area (Å²) in [5.41, 5.74) is 0. The van der Waals surface area contributed by atoms with E-state index in [0.717, 1.165) is 12.2 Å². The van der Waals surface area contributed by atoms with Crippen LogP contribution in [0.2, 0.25) is 0 Å². The summed E-state index contributed by atoms with van der Waals surface area (Å²) in [7, 11) is 0. The van der Waals surface area contributed by atoms with Crippen molar-refractivity contribution in [3.05, 3.63) is 0 Å². The van der Waals surface area contributed by atoms with Crippen molar-refractivity contribution >= 4 is 18.6 Å². The highest BCUT2D eigenvalue weighted by atomic mass is 32.1. The second kappa shape index (κ2) is 12.8. The summed E-state index contributed by atoms with van der Waals surface area (Å²) >= 11 is 4.00. The first kappa shape index (κ1) is 16.3. The van der Waals surface area contributed by atoms with Crippen molar-refractivity contribution in [2.75, 3.05) is 12.4 Å². The molecule has 0 N–H and O–H groups in total. The summed E-state index contributed by atoms with van der Waals surface area (Å²) in [5.74, 6) is 1.47. The van der Waals surface area contributed by atoms with Crippen LogP contribution in [0.25, 0.3) is 0 Å². The van der Waals surface area contributed by atoms with E-state index < -0.39 is 0 Å². The number of ether oxygens (including phenoxy) is 1. The van der Waals surface area contributed by atoms with E-state index in [9.17, 15) is 4.79 Å². The molecule has 0 spiro atoms. The van der Waals surface area contributed by atoms with Crippen LogP contribution in [0.5, 0.6) is 0 Å². The smallest absolute Gasteiger partial charge is 0.302 e. The molecule has 0 radical (unpaired) electrons. The zero-order chi connectivity index (χ0) is 11.4. The maximum Gasteiger partial charge on any atom is 0.302 e. The third-order valence-corrected chi connectivity index (χ3v) is 1.83. The lowest BCUT2D eigenvalue weighted by molar-refractivity contribution is -0.141. The highest BCUT2D eigenvalue weighted by molar-refractivity contribution is 7.80. The molecule has 0 aromatic rings. The minimum Gasteiger partial charge on any atom is -0.466 e. The van der Waals surface area contributed by atoms with Crippen molar-refractivity contribution in [3.8, 4) is 0 Å². The van der Waals surface area contributed by atoms with E-state index >= 15 is 0 Å². The molecule has 86 valence electrons. The Labute approximate surface area is 93.8 Å². The van der Waals surface area contributed by atoms with E-state index in [2.05, 4.69) is 33.4 Å². The average molecular weight is 220 g/mol. The summed E-state index contributed by atoms with van der Waals surface area (Å²) in [6, 6.07) is 0. The van der Waals surface area contributed by atoms with Gasteiger partial charge < -0.3 is 4.74 Å². The Morgan fingerprint density at radius 1 is 1.43 bits per heavy atom. The van der Waals surface area contributed by atoms with Gasteiger partial charge in [0.15, 0.2) is 0 Å². The number of carbonyl (C=O) groups is 1. The molecule has 3 heteroatoms. The molecule has 0 aliphatic heterocycles. The van der Waals surface area contributed by atoms with Crippen LogP contribution in [0.3, 0.4) is 0 Å². The van der Waals surface area contributed by atoms with Gasteiger partial charge in [0.05, 0.1) is 6.61 Å². The van der Waals surface area contributed by atoms with Crippen molar-refractivity contribution in [2.24, 2.45) is 5.92 Å². The normalized spacial score (nSPS) is 9.29. The molecule has 0 saturated carbocycles. The fourth-order valence-corrected chi connectivity index (χ4v) is 0.913. The monoisotopic (exact) mass is 220 g/mol. The SMILES string of the molecule is CC(=O)OCCC(C)C.CCCCS. The molecule has 0 unspecified atom stereocenters. The molecule has 0 aliphatic carbocycles. The van der Waals surface area contributed by atoms with Gasteiger partial charge in [-0.25, -0.2) is 0 Å². The van der Waals surface area contributed by atoms with E-state index in [0.29, 0.717) is 12.5 Å². The zero-order valence-corrected chi connectivity index (χ0v) is 10.8. The van der Waals surface area contributed by atoms with Gasteiger partial charge in [-0.1, -0.05) is 27.2 Å². The van der Waals surface area contributed by atoms with E-state index in [4.69, 9.17) is 4.74 Å². The van der Waals surface area contributed by atoms with Crippen LogP contribution in [0.1, 0.15) is 47.0 Å². The Kier molecular flexibility index (Phi) is 14.9. The summed E-state index contributed by atoms with van der Waals surface area (Å²) in [5, 5.41) is 0. The molecule has 0 atom stereocenters. The minimum absolute atomic E-state index is 0.185. The number of hydrogen-bond donors (Lipinski definition) is 1. The Morgan fingerprint density at radius 3 is 2.21 bits per heavy atom. The predicted octanol–water partition coefficient (Wildman–Crippen LogP) is 3.31. The first-order valence-electron chi connectivity index (χ1n) is 5.28. The number of hydrogen-bond acceptors (Lipinski definition) is 3. The minimum atomic E-state index is -0.185. The van der Waals surface area contributed by atoms with Crippen molar-refractivity contribution in [1.82, 2.24) is 0 Å². The topological polar surface area (TPSA) is 26.3 Å². The van der Waals surface area contributed by atoms with Crippen LogP contribution >= 0.6 is 12.6 Å². The molecular weight excluding hydrogens is 196 g/mol. The Bertz CT molecular complexity index is 122. The largest absolute Gasteiger partial charge is 0.466 e. The van der Waals surface area contributed by atoms with Crippen molar-refractivity contribution < 1.29 is 9.53 Å². The molecule has 0 aromatic heterocycles. The fraction of sp³-hybridized carbons (Fsp3) is 0.909. The van der Waals surface area contributed by atoms with Crippen LogP contribution in [0.15, 0.2) is 0 Å². The number of thiol groups is 1. The van der Waals surface area contributed by atoms with Crippen LogP contribution in [-0.2, 0) is 9.53 Å². The average Bonchev–Trinajstić information content (AvgIpc) is 2.05. The molecule has 0 saturated heterocycles. The molecule has 0 aromatic carbocycles. The standard InChI is InChI=1S/C7H14O2.C4H10S/c1-6(2)4-5-9-7(3)8;1-2-3-4-5/h6H,4-5H2,1-3H3;5H,2-4H2,1H3. The number of rotatable bonds is 5. The Morgan fingerprint density at radius 2 is 2.00 bits per heavy atom. The van der Waals surface area contributed by atoms with Crippen molar-refractivity contribution in [1.29, 1.82) is 0 Å². The van der Waals surface area contributed by atoms with Crippen LogP contribution in [-0.4, -0.2) is 18.3 Å². The van der Waals surface area contributed by atoms with E-state index in [1.165, 1.54) is 19.8 Å². The van der Waals surface area contributed by atoms with Gasteiger partial charge in [-0.3, -0.25) is 4.79 Å². The third kappa shape index (κ3) is 22.6. The molecule has 14 heavy (non-hydrogen) atoms. The van der Waals surface area contributed by atoms with E-state index in [1.807, 2.05) is 0 Å². The molecule has 0 amide bonds. The lowest BCUT2D eigenvalue weighted by Gasteiger charge is -2.02. The molecule has 0 heterocycles. The summed E-state index contributed by atoms with van der Waals surface area (Å²) in [6.07, 6.45) is 3.48. The lowest BCUT2D eigenvalue weighted by Crippen LogP contribution is -2.02. The zero-order valence-electron chi connectivity index (χ0n) is 9.88. The molecule has 0 rings (SSSR count). The van der Waals surface area contributed by atoms with Gasteiger partial charge in [0.2, 0.25) is 0 Å². The summed E-state index contributed by atoms with van der Waals surface area (Å²) < 4.78 is 4.71. The molecule has 0 aliphatic rings. The summed E-state index contributed by atoms with van der Waals surface area (Å²) in [4.78, 5) is 10.2. The Hall–Kier alpha value is -0.180. The fourth-order valence-electron chi connectivity index (χ4n) is 0.596. The third-order valence-electron chi connectivity index (χ3n) is 1.51. The van der Waals surface area contributed by atoms with Gasteiger partial charge in [0, 0.05) is 6.92 Å². The van der Waals surface area contributed by atoms with Crippen molar-refractivity contribution in [2.45, 2.75) is 47.0 Å². The quantitative estimate of drug-likeness (QED) is 0.568. The maximum absolute atomic E-state index is 10.2. The van der Waals surface area contributed by atoms with E-state index in [-0.39, 0.29) is 5.97 Å². The highest BCUT2D eigenvalue weighted by Crippen LogP contribution is 1.98. The van der Waals surface area contributed by atoms with Gasteiger partial charge in [-0.05, 0) is 24.5 Å². The van der Waals surface area contributed by atoms with Gasteiger partial charge in [-0.2, -0.15) is 12.6 Å². The molecule has 2 nitrogen and oxygen atoms in total. The summed E-state index contributed by atoms with van der Waals surface area (Å²) in [6.45, 7) is 8.36. The Balaban J connectivity index is 0. The first-order chi connectivity index (χ1) is 6.54. The second-order valence-corrected chi connectivity index (χ2v) is 4.05. The number of carbonyl (C=O) groups excluding carboxylic acids is 1. The van der Waals surface area contributed by atoms with Crippen LogP contribution < -0.4 is 0 Å². The first-order valence-corrected chi connectivity index (χ1v) is 5.92. The molecule has 0 fully saturated rings. The maximum atomic E-state index is 10.2. The van der Waals surface area contributed by atoms with Crippen LogP contribution in [0.4, 0.5) is 0 Å². The van der Waals surface area contributed by atoms with E-state index in [1.54, 1.807) is 0 Å². The van der Waals surface area contributed by atoms with Gasteiger partial charge >= 0.3 is 5.97 Å². The van der Waals surface area contributed by atoms with Crippen molar-refractivity contribution in [3.63, 3.8) is 0 Å². The highest BCUT2D eigenvalue weighted by Gasteiger charge is 1.94. The van der Waals surface area contributed by atoms with Gasteiger partial charge in [0.25, 0.3) is 0 Å². The molecule has 0 bridgehead atoms. The molecular formula is C11H24O2S. The number of esters is 1. The lowest BCUT2D eigenvalue weighted by atomic mass is 10.1. The van der Waals surface area contributed by atoms with Gasteiger partial charge in [-0.15, -0.1) is 0 Å².